The van der Waals surface area contributed by atoms with Gasteiger partial charge in [-0.05, 0) is 15.9 Å². The molecule has 1 amide bonds. The number of nitrogens with zero attached hydrogens (tertiary/aromatic N) is 1. The number of nitrogens with one attached hydrogen (secondary N) is 2. The standard InChI is InChI=1S/C6H8BrN3OS/c1-8-5(11)3-10-6-9-2-4(7)12-6/h2H,3H2,1H3,(H,8,11)(H,9,10). The Morgan fingerprint density at radius 3 is 3.08 bits per heavy atom. The summed E-state index contributed by atoms with van der Waals surface area (Å²) in [7, 11) is 1.60. The molecule has 4 nitrogen and oxygen atoms in total. The minimum atomic E-state index is -0.0543. The van der Waals surface area contributed by atoms with Gasteiger partial charge in [-0.25, -0.2) is 4.98 Å². The number of hydrogen-bond acceptors (Lipinski definition) is 4. The van der Waals surface area contributed by atoms with Crippen LogP contribution in [0.15, 0.2) is 9.98 Å². The van der Waals surface area contributed by atoms with Crippen LogP contribution >= 0.6 is 27.3 Å². The molecule has 0 unspecified atom stereocenters. The molecule has 0 spiro atoms. The highest BCUT2D eigenvalue weighted by Crippen LogP contribution is 2.22. The van der Waals surface area contributed by atoms with Gasteiger partial charge in [-0.15, -0.1) is 0 Å². The Morgan fingerprint density at radius 2 is 2.58 bits per heavy atom. The Bertz CT molecular complexity index is 276. The van der Waals surface area contributed by atoms with Gasteiger partial charge in [0.25, 0.3) is 0 Å². The number of halogens is 1. The lowest BCUT2D eigenvalue weighted by molar-refractivity contribution is -0.118. The van der Waals surface area contributed by atoms with Crippen molar-refractivity contribution in [2.24, 2.45) is 0 Å². The molecule has 0 radical (unpaired) electrons. The zero-order valence-electron chi connectivity index (χ0n) is 6.43. The fourth-order valence-corrected chi connectivity index (χ4v) is 1.68. The number of hydrogen-bond donors (Lipinski definition) is 2. The Kier molecular flexibility index (Phi) is 3.48. The van der Waals surface area contributed by atoms with Crippen molar-refractivity contribution < 1.29 is 4.79 Å². The average Bonchev–Trinajstić information content (AvgIpc) is 2.47. The van der Waals surface area contributed by atoms with Gasteiger partial charge in [0.05, 0.1) is 16.5 Å². The fraction of sp³-hybridized carbons (Fsp3) is 0.333. The number of anilines is 1. The smallest absolute Gasteiger partial charge is 0.239 e. The van der Waals surface area contributed by atoms with Crippen LogP contribution < -0.4 is 10.6 Å². The Morgan fingerprint density at radius 1 is 1.83 bits per heavy atom. The summed E-state index contributed by atoms with van der Waals surface area (Å²) in [6, 6.07) is 0. The van der Waals surface area contributed by atoms with E-state index in [-0.39, 0.29) is 12.5 Å². The molecule has 1 aromatic heterocycles. The maximum Gasteiger partial charge on any atom is 0.239 e. The molecule has 1 heterocycles. The summed E-state index contributed by atoms with van der Waals surface area (Å²) in [5, 5.41) is 6.13. The fourth-order valence-electron chi connectivity index (χ4n) is 0.580. The van der Waals surface area contributed by atoms with E-state index < -0.39 is 0 Å². The molecule has 0 aliphatic heterocycles. The van der Waals surface area contributed by atoms with Crippen LogP contribution in [0.5, 0.6) is 0 Å². The monoisotopic (exact) mass is 249 g/mol. The van der Waals surface area contributed by atoms with Crippen LogP contribution in [0.4, 0.5) is 5.13 Å². The van der Waals surface area contributed by atoms with Crippen molar-refractivity contribution in [1.29, 1.82) is 0 Å². The first kappa shape index (κ1) is 9.47. The molecular formula is C6H8BrN3OS. The van der Waals surface area contributed by atoms with Crippen LogP contribution in [-0.4, -0.2) is 24.5 Å². The third-order valence-corrected chi connectivity index (χ3v) is 2.59. The van der Waals surface area contributed by atoms with E-state index in [0.29, 0.717) is 0 Å². The van der Waals surface area contributed by atoms with Gasteiger partial charge in [0.1, 0.15) is 0 Å². The third-order valence-electron chi connectivity index (χ3n) is 1.16. The first-order valence-electron chi connectivity index (χ1n) is 3.28. The molecule has 2 N–H and O–H groups in total. The van der Waals surface area contributed by atoms with Gasteiger partial charge in [-0.2, -0.15) is 0 Å². The predicted octanol–water partition coefficient (Wildman–Crippen LogP) is 1.06. The summed E-state index contributed by atoms with van der Waals surface area (Å²) in [5.41, 5.74) is 0. The van der Waals surface area contributed by atoms with Crippen molar-refractivity contribution in [3.05, 3.63) is 9.98 Å². The van der Waals surface area contributed by atoms with Crippen molar-refractivity contribution in [1.82, 2.24) is 10.3 Å². The number of aromatic nitrogens is 1. The van der Waals surface area contributed by atoms with Crippen molar-refractivity contribution in [3.63, 3.8) is 0 Å². The van der Waals surface area contributed by atoms with Crippen LogP contribution in [0.3, 0.4) is 0 Å². The summed E-state index contributed by atoms with van der Waals surface area (Å²) < 4.78 is 0.946. The third kappa shape index (κ3) is 2.78. The lowest BCUT2D eigenvalue weighted by Crippen LogP contribution is -2.26. The minimum Gasteiger partial charge on any atom is -0.358 e. The molecule has 0 fully saturated rings. The minimum absolute atomic E-state index is 0.0543. The van der Waals surface area contributed by atoms with Crippen molar-refractivity contribution in [2.75, 3.05) is 18.9 Å². The van der Waals surface area contributed by atoms with E-state index in [1.807, 2.05) is 0 Å². The average molecular weight is 250 g/mol. The molecule has 12 heavy (non-hydrogen) atoms. The molecule has 0 aliphatic rings. The molecule has 1 aromatic rings. The Balaban J connectivity index is 2.38. The van der Waals surface area contributed by atoms with Crippen molar-refractivity contribution in [3.8, 4) is 0 Å². The van der Waals surface area contributed by atoms with Gasteiger partial charge in [0, 0.05) is 7.05 Å². The predicted molar refractivity (Wildman–Crippen MR) is 52.4 cm³/mol. The van der Waals surface area contributed by atoms with E-state index in [0.717, 1.165) is 8.92 Å². The highest BCUT2D eigenvalue weighted by Gasteiger charge is 2.00. The quantitative estimate of drug-likeness (QED) is 0.843. The molecule has 0 aliphatic carbocycles. The van der Waals surface area contributed by atoms with E-state index in [9.17, 15) is 4.79 Å². The van der Waals surface area contributed by atoms with E-state index in [1.165, 1.54) is 11.3 Å². The highest BCUT2D eigenvalue weighted by atomic mass is 79.9. The van der Waals surface area contributed by atoms with Crippen LogP contribution in [0.25, 0.3) is 0 Å². The van der Waals surface area contributed by atoms with E-state index >= 15 is 0 Å². The second-order valence-corrected chi connectivity index (χ2v) is 4.41. The van der Waals surface area contributed by atoms with Crippen LogP contribution in [-0.2, 0) is 4.79 Å². The van der Waals surface area contributed by atoms with E-state index in [2.05, 4.69) is 31.5 Å². The first-order valence-corrected chi connectivity index (χ1v) is 4.89. The summed E-state index contributed by atoms with van der Waals surface area (Å²) in [5.74, 6) is -0.0543. The summed E-state index contributed by atoms with van der Waals surface area (Å²) >= 11 is 4.73. The van der Waals surface area contributed by atoms with Crippen LogP contribution in [0, 0.1) is 0 Å². The largest absolute Gasteiger partial charge is 0.358 e. The number of carbonyl (C=O) groups excluding carboxylic acids is 1. The number of likely N-dealkylation sites (N-methyl/N-ethyl adjacent to an activating group) is 1. The maximum atomic E-state index is 10.8. The maximum absolute atomic E-state index is 10.8. The van der Waals surface area contributed by atoms with Gasteiger partial charge in [0.15, 0.2) is 5.13 Å². The Labute approximate surface area is 82.5 Å². The van der Waals surface area contributed by atoms with Gasteiger partial charge < -0.3 is 10.6 Å². The molecule has 0 aromatic carbocycles. The molecule has 0 atom stereocenters. The molecular weight excluding hydrogens is 242 g/mol. The summed E-state index contributed by atoms with van der Waals surface area (Å²) in [6.07, 6.45) is 1.69. The summed E-state index contributed by atoms with van der Waals surface area (Å²) in [4.78, 5) is 14.8. The number of rotatable bonds is 3. The first-order chi connectivity index (χ1) is 5.72. The molecule has 0 bridgehead atoms. The van der Waals surface area contributed by atoms with Crippen molar-refractivity contribution in [2.45, 2.75) is 0 Å². The number of carbonyl (C=O) groups is 1. The SMILES string of the molecule is CNC(=O)CNc1ncc(Br)s1. The molecule has 1 rings (SSSR count). The second-order valence-electron chi connectivity index (χ2n) is 2.00. The van der Waals surface area contributed by atoms with Crippen LogP contribution in [0.2, 0.25) is 0 Å². The van der Waals surface area contributed by atoms with Gasteiger partial charge in [-0.3, -0.25) is 4.79 Å². The lowest BCUT2D eigenvalue weighted by Gasteiger charge is -1.99. The van der Waals surface area contributed by atoms with Crippen LogP contribution in [0.1, 0.15) is 0 Å². The normalized spacial score (nSPS) is 9.50. The molecule has 0 saturated carbocycles. The van der Waals surface area contributed by atoms with E-state index in [1.54, 1.807) is 13.2 Å². The van der Waals surface area contributed by atoms with E-state index in [4.69, 9.17) is 0 Å². The number of thiazole rings is 1. The molecule has 66 valence electrons. The lowest BCUT2D eigenvalue weighted by atomic mass is 10.6. The molecule has 0 saturated heterocycles. The zero-order valence-corrected chi connectivity index (χ0v) is 8.83. The zero-order chi connectivity index (χ0) is 8.97. The second kappa shape index (κ2) is 4.42. The Hall–Kier alpha value is -0.620. The highest BCUT2D eigenvalue weighted by molar-refractivity contribution is 9.11. The summed E-state index contributed by atoms with van der Waals surface area (Å²) in [6.45, 7) is 0.260. The van der Waals surface area contributed by atoms with Crippen molar-refractivity contribution >= 4 is 38.3 Å². The van der Waals surface area contributed by atoms with Gasteiger partial charge in [0.2, 0.25) is 5.91 Å². The molecule has 6 heteroatoms. The number of amides is 1. The topological polar surface area (TPSA) is 54.0 Å². The van der Waals surface area contributed by atoms with Gasteiger partial charge >= 0.3 is 0 Å². The van der Waals surface area contributed by atoms with Gasteiger partial charge in [-0.1, -0.05) is 11.3 Å².